The molecule has 0 atom stereocenters. The summed E-state index contributed by atoms with van der Waals surface area (Å²) in [5.74, 6) is 0.552. The molecule has 0 unspecified atom stereocenters. The van der Waals surface area contributed by atoms with Gasteiger partial charge >= 0.3 is 0 Å². The normalized spacial score (nSPS) is 10.6. The lowest BCUT2D eigenvalue weighted by molar-refractivity contribution is -0.116. The Morgan fingerprint density at radius 2 is 2.29 bits per heavy atom. The second-order valence-electron chi connectivity index (χ2n) is 3.39. The Morgan fingerprint density at radius 3 is 3.00 bits per heavy atom. The van der Waals surface area contributed by atoms with Gasteiger partial charge in [-0.1, -0.05) is 6.07 Å². The van der Waals surface area contributed by atoms with Gasteiger partial charge in [0.1, 0.15) is 5.76 Å². The first kappa shape index (κ1) is 11.1. The van der Waals surface area contributed by atoms with Crippen molar-refractivity contribution in [2.45, 2.75) is 6.54 Å². The van der Waals surface area contributed by atoms with E-state index in [1.165, 1.54) is 6.08 Å². The van der Waals surface area contributed by atoms with Gasteiger partial charge in [-0.25, -0.2) is 0 Å². The van der Waals surface area contributed by atoms with E-state index < -0.39 is 0 Å². The van der Waals surface area contributed by atoms with Crippen LogP contribution in [0.1, 0.15) is 11.5 Å². The second kappa shape index (κ2) is 5.65. The third kappa shape index (κ3) is 3.61. The zero-order chi connectivity index (χ0) is 11.9. The molecule has 2 heterocycles. The molecule has 0 aliphatic heterocycles. The Kier molecular flexibility index (Phi) is 3.70. The maximum Gasteiger partial charge on any atom is 0.244 e. The first-order valence-electron chi connectivity index (χ1n) is 5.24. The van der Waals surface area contributed by atoms with Crippen LogP contribution in [0, 0.1) is 0 Å². The minimum atomic E-state index is -0.174. The van der Waals surface area contributed by atoms with Gasteiger partial charge in [0.05, 0.1) is 18.5 Å². The van der Waals surface area contributed by atoms with Crippen LogP contribution in [0.25, 0.3) is 6.08 Å². The fourth-order valence-corrected chi connectivity index (χ4v) is 1.28. The molecule has 0 spiro atoms. The van der Waals surface area contributed by atoms with Gasteiger partial charge in [0.2, 0.25) is 5.91 Å². The monoisotopic (exact) mass is 228 g/mol. The number of amides is 1. The van der Waals surface area contributed by atoms with Crippen molar-refractivity contribution in [1.29, 1.82) is 0 Å². The maximum atomic E-state index is 11.4. The molecule has 0 saturated heterocycles. The minimum absolute atomic E-state index is 0.174. The Labute approximate surface area is 99.0 Å². The first-order valence-corrected chi connectivity index (χ1v) is 5.24. The van der Waals surface area contributed by atoms with E-state index in [2.05, 4.69) is 10.3 Å². The van der Waals surface area contributed by atoms with Crippen LogP contribution in [0.3, 0.4) is 0 Å². The number of nitrogens with zero attached hydrogens (tertiary/aromatic N) is 1. The lowest BCUT2D eigenvalue weighted by atomic mass is 10.3. The van der Waals surface area contributed by atoms with Crippen LogP contribution in [0.5, 0.6) is 0 Å². The van der Waals surface area contributed by atoms with E-state index in [1.54, 1.807) is 24.6 Å². The Hall–Kier alpha value is -2.36. The highest BCUT2D eigenvalue weighted by Gasteiger charge is 1.98. The number of hydrogen-bond acceptors (Lipinski definition) is 3. The summed E-state index contributed by atoms with van der Waals surface area (Å²) in [7, 11) is 0. The van der Waals surface area contributed by atoms with Crippen LogP contribution in [0.4, 0.5) is 0 Å². The quantitative estimate of drug-likeness (QED) is 0.814. The van der Waals surface area contributed by atoms with Gasteiger partial charge in [0.15, 0.2) is 0 Å². The summed E-state index contributed by atoms with van der Waals surface area (Å²) < 4.78 is 5.10. The second-order valence-corrected chi connectivity index (χ2v) is 3.39. The molecule has 0 fully saturated rings. The van der Waals surface area contributed by atoms with Crippen molar-refractivity contribution >= 4 is 12.0 Å². The Balaban J connectivity index is 1.83. The molecule has 1 N–H and O–H groups in total. The molecule has 2 aromatic rings. The molecule has 0 aliphatic carbocycles. The number of pyridine rings is 1. The number of aromatic nitrogens is 1. The van der Waals surface area contributed by atoms with Crippen LogP contribution < -0.4 is 5.32 Å². The van der Waals surface area contributed by atoms with Gasteiger partial charge in [-0.05, 0) is 30.3 Å². The van der Waals surface area contributed by atoms with E-state index >= 15 is 0 Å². The van der Waals surface area contributed by atoms with Gasteiger partial charge in [0, 0.05) is 12.3 Å². The van der Waals surface area contributed by atoms with Gasteiger partial charge < -0.3 is 9.73 Å². The van der Waals surface area contributed by atoms with Crippen LogP contribution in [-0.2, 0) is 11.3 Å². The number of furan rings is 1. The van der Waals surface area contributed by atoms with Crippen molar-refractivity contribution in [1.82, 2.24) is 10.3 Å². The minimum Gasteiger partial charge on any atom is -0.467 e. The smallest absolute Gasteiger partial charge is 0.244 e. The summed E-state index contributed by atoms with van der Waals surface area (Å²) >= 11 is 0. The molecule has 2 rings (SSSR count). The fraction of sp³-hybridized carbons (Fsp3) is 0.0769. The van der Waals surface area contributed by atoms with E-state index in [9.17, 15) is 4.79 Å². The third-order valence-corrected chi connectivity index (χ3v) is 2.11. The van der Waals surface area contributed by atoms with E-state index in [1.807, 2.05) is 24.3 Å². The van der Waals surface area contributed by atoms with Crippen LogP contribution >= 0.6 is 0 Å². The molecule has 2 aromatic heterocycles. The molecule has 4 heteroatoms. The number of hydrogen-bond donors (Lipinski definition) is 1. The third-order valence-electron chi connectivity index (χ3n) is 2.11. The van der Waals surface area contributed by atoms with E-state index in [-0.39, 0.29) is 5.91 Å². The standard InChI is InChI=1S/C13H12N2O2/c16-13(15-10-12-5-3-9-17-12)7-6-11-4-1-2-8-14-11/h1-9H,10H2,(H,15,16). The van der Waals surface area contributed by atoms with Gasteiger partial charge in [-0.15, -0.1) is 0 Å². The molecule has 0 saturated carbocycles. The molecular formula is C13H12N2O2. The predicted molar refractivity (Wildman–Crippen MR) is 63.8 cm³/mol. The zero-order valence-electron chi connectivity index (χ0n) is 9.17. The van der Waals surface area contributed by atoms with Crippen molar-refractivity contribution in [3.05, 3.63) is 60.3 Å². The summed E-state index contributed by atoms with van der Waals surface area (Å²) in [5.41, 5.74) is 0.751. The lowest BCUT2D eigenvalue weighted by Crippen LogP contribution is -2.19. The van der Waals surface area contributed by atoms with E-state index in [4.69, 9.17) is 4.42 Å². The van der Waals surface area contributed by atoms with Crippen molar-refractivity contribution < 1.29 is 9.21 Å². The van der Waals surface area contributed by atoms with E-state index in [0.29, 0.717) is 6.54 Å². The summed E-state index contributed by atoms with van der Waals surface area (Å²) in [6, 6.07) is 9.12. The highest BCUT2D eigenvalue weighted by molar-refractivity contribution is 5.91. The Bertz CT molecular complexity index is 489. The highest BCUT2D eigenvalue weighted by Crippen LogP contribution is 1.99. The molecule has 0 aromatic carbocycles. The molecule has 0 radical (unpaired) electrons. The summed E-state index contributed by atoms with van der Waals surface area (Å²) in [5, 5.41) is 2.71. The lowest BCUT2D eigenvalue weighted by Gasteiger charge is -1.98. The van der Waals surface area contributed by atoms with Crippen molar-refractivity contribution in [3.63, 3.8) is 0 Å². The van der Waals surface area contributed by atoms with Crippen LogP contribution in [0.2, 0.25) is 0 Å². The Morgan fingerprint density at radius 1 is 1.35 bits per heavy atom. The largest absolute Gasteiger partial charge is 0.467 e. The SMILES string of the molecule is O=C(C=Cc1ccccn1)NCc1ccco1. The van der Waals surface area contributed by atoms with Crippen molar-refractivity contribution in [2.75, 3.05) is 0 Å². The number of carbonyl (C=O) groups excluding carboxylic acids is 1. The molecule has 0 bridgehead atoms. The fourth-order valence-electron chi connectivity index (χ4n) is 1.28. The van der Waals surface area contributed by atoms with Gasteiger partial charge in [-0.2, -0.15) is 0 Å². The summed E-state index contributed by atoms with van der Waals surface area (Å²) in [6.45, 7) is 0.387. The summed E-state index contributed by atoms with van der Waals surface area (Å²) in [6.07, 6.45) is 6.37. The average molecular weight is 228 g/mol. The molecule has 1 amide bonds. The van der Waals surface area contributed by atoms with Gasteiger partial charge in [0.25, 0.3) is 0 Å². The first-order chi connectivity index (χ1) is 8.34. The van der Waals surface area contributed by atoms with E-state index in [0.717, 1.165) is 11.5 Å². The molecular weight excluding hydrogens is 216 g/mol. The summed E-state index contributed by atoms with van der Waals surface area (Å²) in [4.78, 5) is 15.5. The molecule has 0 aliphatic rings. The van der Waals surface area contributed by atoms with Gasteiger partial charge in [-0.3, -0.25) is 9.78 Å². The average Bonchev–Trinajstić information content (AvgIpc) is 2.88. The maximum absolute atomic E-state index is 11.4. The highest BCUT2D eigenvalue weighted by atomic mass is 16.3. The molecule has 17 heavy (non-hydrogen) atoms. The zero-order valence-corrected chi connectivity index (χ0v) is 9.17. The predicted octanol–water partition coefficient (Wildman–Crippen LogP) is 2.00. The number of rotatable bonds is 4. The number of carbonyl (C=O) groups is 1. The topological polar surface area (TPSA) is 55.1 Å². The van der Waals surface area contributed by atoms with Crippen LogP contribution in [0.15, 0.2) is 53.3 Å². The van der Waals surface area contributed by atoms with Crippen molar-refractivity contribution in [2.24, 2.45) is 0 Å². The molecule has 4 nitrogen and oxygen atoms in total. The van der Waals surface area contributed by atoms with Crippen molar-refractivity contribution in [3.8, 4) is 0 Å². The van der Waals surface area contributed by atoms with Crippen LogP contribution in [-0.4, -0.2) is 10.9 Å². The molecule has 86 valence electrons. The number of nitrogens with one attached hydrogen (secondary N) is 1.